The highest BCUT2D eigenvalue weighted by Crippen LogP contribution is 2.48. The minimum absolute atomic E-state index is 0.130. The third-order valence-electron chi connectivity index (χ3n) is 7.47. The van der Waals surface area contributed by atoms with Gasteiger partial charge >= 0.3 is 0 Å². The summed E-state index contributed by atoms with van der Waals surface area (Å²) in [6.45, 7) is 6.87. The SMILES string of the molecule is CCC1(C(O)C/C=C/[C@H]2C(C)CC[C@@H]2CCCc2ccc(C)s2)CCC1. The van der Waals surface area contributed by atoms with Crippen LogP contribution < -0.4 is 0 Å². The fourth-order valence-electron chi connectivity index (χ4n) is 5.34. The first-order chi connectivity index (χ1) is 12.5. The molecule has 2 heteroatoms. The summed E-state index contributed by atoms with van der Waals surface area (Å²) in [5.41, 5.74) is 0.240. The molecule has 26 heavy (non-hydrogen) atoms. The van der Waals surface area contributed by atoms with Crippen LogP contribution in [0.2, 0.25) is 0 Å². The zero-order valence-corrected chi connectivity index (χ0v) is 17.9. The maximum absolute atomic E-state index is 10.6. The van der Waals surface area contributed by atoms with Crippen molar-refractivity contribution >= 4 is 11.3 Å². The Labute approximate surface area is 164 Å². The molecule has 4 atom stereocenters. The summed E-state index contributed by atoms with van der Waals surface area (Å²) in [7, 11) is 0. The van der Waals surface area contributed by atoms with Crippen molar-refractivity contribution in [3.63, 3.8) is 0 Å². The number of aliphatic hydroxyl groups excluding tert-OH is 1. The summed E-state index contributed by atoms with van der Waals surface area (Å²) in [6.07, 6.45) is 17.1. The molecule has 1 heterocycles. The van der Waals surface area contributed by atoms with Crippen LogP contribution in [0.15, 0.2) is 24.3 Å². The molecule has 3 rings (SSSR count). The maximum atomic E-state index is 10.6. The lowest BCUT2D eigenvalue weighted by molar-refractivity contribution is -0.0355. The van der Waals surface area contributed by atoms with Crippen LogP contribution in [0.4, 0.5) is 0 Å². The van der Waals surface area contributed by atoms with Gasteiger partial charge in [0.25, 0.3) is 0 Å². The second-order valence-corrected chi connectivity index (χ2v) is 10.4. The van der Waals surface area contributed by atoms with Crippen LogP contribution in [0.25, 0.3) is 0 Å². The van der Waals surface area contributed by atoms with Crippen LogP contribution in [-0.2, 0) is 6.42 Å². The van der Waals surface area contributed by atoms with Gasteiger partial charge in [0.1, 0.15) is 0 Å². The first kappa shape index (κ1) is 20.1. The highest BCUT2D eigenvalue weighted by molar-refractivity contribution is 7.11. The van der Waals surface area contributed by atoms with Gasteiger partial charge in [-0.1, -0.05) is 32.4 Å². The van der Waals surface area contributed by atoms with Crippen molar-refractivity contribution in [2.45, 2.75) is 91.1 Å². The Hall–Kier alpha value is -0.600. The Morgan fingerprint density at radius 1 is 1.31 bits per heavy atom. The monoisotopic (exact) mass is 374 g/mol. The van der Waals surface area contributed by atoms with Gasteiger partial charge in [-0.25, -0.2) is 0 Å². The van der Waals surface area contributed by atoms with Crippen LogP contribution in [0.1, 0.15) is 81.4 Å². The number of allylic oxidation sites excluding steroid dienone is 1. The number of hydrogen-bond acceptors (Lipinski definition) is 2. The quantitative estimate of drug-likeness (QED) is 0.465. The van der Waals surface area contributed by atoms with Crippen molar-refractivity contribution < 1.29 is 5.11 Å². The first-order valence-corrected chi connectivity index (χ1v) is 11.8. The van der Waals surface area contributed by atoms with E-state index in [0.717, 1.165) is 30.6 Å². The fraction of sp³-hybridized carbons (Fsp3) is 0.750. The highest BCUT2D eigenvalue weighted by Gasteiger charge is 2.41. The molecule has 2 aliphatic rings. The third kappa shape index (κ3) is 4.62. The summed E-state index contributed by atoms with van der Waals surface area (Å²) in [5.74, 6) is 2.38. The van der Waals surface area contributed by atoms with Crippen molar-refractivity contribution in [1.82, 2.24) is 0 Å². The molecule has 2 fully saturated rings. The number of hydrogen-bond donors (Lipinski definition) is 1. The largest absolute Gasteiger partial charge is 0.392 e. The average molecular weight is 375 g/mol. The summed E-state index contributed by atoms with van der Waals surface area (Å²) in [4.78, 5) is 2.99. The van der Waals surface area contributed by atoms with E-state index in [1.54, 1.807) is 4.88 Å². The minimum Gasteiger partial charge on any atom is -0.392 e. The molecular weight excluding hydrogens is 336 g/mol. The average Bonchev–Trinajstić information content (AvgIpc) is 3.14. The Kier molecular flexibility index (Phi) is 7.02. The second-order valence-electron chi connectivity index (χ2n) is 9.05. The van der Waals surface area contributed by atoms with Crippen LogP contribution in [0.3, 0.4) is 0 Å². The Morgan fingerprint density at radius 2 is 2.12 bits per heavy atom. The highest BCUT2D eigenvalue weighted by atomic mass is 32.1. The zero-order chi connectivity index (χ0) is 18.6. The summed E-state index contributed by atoms with van der Waals surface area (Å²) >= 11 is 1.96. The number of rotatable bonds is 9. The lowest BCUT2D eigenvalue weighted by Crippen LogP contribution is -2.40. The van der Waals surface area contributed by atoms with Crippen LogP contribution >= 0.6 is 11.3 Å². The fourth-order valence-corrected chi connectivity index (χ4v) is 6.27. The number of aliphatic hydroxyl groups is 1. The van der Waals surface area contributed by atoms with Crippen LogP contribution in [0.5, 0.6) is 0 Å². The Morgan fingerprint density at radius 3 is 2.73 bits per heavy atom. The van der Waals surface area contributed by atoms with Gasteiger partial charge in [-0.3, -0.25) is 0 Å². The van der Waals surface area contributed by atoms with Gasteiger partial charge in [-0.15, -0.1) is 11.3 Å². The molecule has 2 aliphatic carbocycles. The van der Waals surface area contributed by atoms with Gasteiger partial charge in [-0.2, -0.15) is 0 Å². The molecule has 1 N–H and O–H groups in total. The minimum atomic E-state index is -0.130. The van der Waals surface area contributed by atoms with Gasteiger partial charge < -0.3 is 5.11 Å². The summed E-state index contributed by atoms with van der Waals surface area (Å²) in [6, 6.07) is 4.56. The van der Waals surface area contributed by atoms with E-state index in [1.165, 1.54) is 56.2 Å². The van der Waals surface area contributed by atoms with E-state index in [-0.39, 0.29) is 11.5 Å². The number of thiophene rings is 1. The topological polar surface area (TPSA) is 20.2 Å². The van der Waals surface area contributed by atoms with E-state index in [1.807, 2.05) is 11.3 Å². The predicted octanol–water partition coefficient (Wildman–Crippen LogP) is 6.93. The second kappa shape index (κ2) is 9.06. The molecule has 2 unspecified atom stereocenters. The molecule has 0 amide bonds. The standard InChI is InChI=1S/C24H38OS/c1-4-24(16-7-17-24)23(25)11-6-10-22-18(2)12-14-20(22)8-5-9-21-15-13-19(3)26-21/h6,10,13,15,18,20,22-23,25H,4-5,7-9,11-12,14,16-17H2,1-3H3/b10-6+/t18?,20-,22-,23?/m0/s1. The van der Waals surface area contributed by atoms with Crippen molar-refractivity contribution in [2.75, 3.05) is 0 Å². The van der Waals surface area contributed by atoms with E-state index < -0.39 is 0 Å². The molecule has 1 aromatic heterocycles. The smallest absolute Gasteiger partial charge is 0.0630 e. The first-order valence-electron chi connectivity index (χ1n) is 10.9. The molecule has 1 aromatic rings. The molecule has 0 aliphatic heterocycles. The van der Waals surface area contributed by atoms with Crippen molar-refractivity contribution in [1.29, 1.82) is 0 Å². The summed E-state index contributed by atoms with van der Waals surface area (Å²) in [5, 5.41) is 10.6. The van der Waals surface area contributed by atoms with E-state index in [4.69, 9.17) is 0 Å². The van der Waals surface area contributed by atoms with Crippen molar-refractivity contribution in [3.8, 4) is 0 Å². The molecule has 1 nitrogen and oxygen atoms in total. The van der Waals surface area contributed by atoms with Gasteiger partial charge in [-0.05, 0) is 100 Å². The molecule has 0 spiro atoms. The van der Waals surface area contributed by atoms with Gasteiger partial charge in [0.2, 0.25) is 0 Å². The van der Waals surface area contributed by atoms with Crippen LogP contribution in [-0.4, -0.2) is 11.2 Å². The molecule has 2 saturated carbocycles. The molecule has 0 aromatic carbocycles. The van der Waals surface area contributed by atoms with Gasteiger partial charge in [0.05, 0.1) is 6.10 Å². The summed E-state index contributed by atoms with van der Waals surface area (Å²) < 4.78 is 0. The van der Waals surface area contributed by atoms with Crippen molar-refractivity contribution in [2.24, 2.45) is 23.2 Å². The van der Waals surface area contributed by atoms with E-state index in [0.29, 0.717) is 0 Å². The van der Waals surface area contributed by atoms with E-state index >= 15 is 0 Å². The Bertz CT molecular complexity index is 577. The molecule has 0 bridgehead atoms. The molecule has 0 radical (unpaired) electrons. The van der Waals surface area contributed by atoms with Crippen LogP contribution in [0, 0.1) is 30.1 Å². The van der Waals surface area contributed by atoms with Crippen molar-refractivity contribution in [3.05, 3.63) is 34.0 Å². The molecule has 0 saturated heterocycles. The normalized spacial score (nSPS) is 29.2. The Balaban J connectivity index is 1.47. The van der Waals surface area contributed by atoms with E-state index in [2.05, 4.69) is 45.1 Å². The lowest BCUT2D eigenvalue weighted by atomic mass is 9.63. The molecular formula is C24H38OS. The van der Waals surface area contributed by atoms with Gasteiger partial charge in [0.15, 0.2) is 0 Å². The third-order valence-corrected chi connectivity index (χ3v) is 8.53. The predicted molar refractivity (Wildman–Crippen MR) is 114 cm³/mol. The lowest BCUT2D eigenvalue weighted by Gasteiger charge is -2.45. The van der Waals surface area contributed by atoms with Gasteiger partial charge in [0, 0.05) is 9.75 Å². The molecule has 146 valence electrons. The zero-order valence-electron chi connectivity index (χ0n) is 17.0. The van der Waals surface area contributed by atoms with E-state index in [9.17, 15) is 5.11 Å². The maximum Gasteiger partial charge on any atom is 0.0630 e. The number of aryl methyl sites for hydroxylation is 2.